The molecular weight excluding hydrogens is 264 g/mol. The van der Waals surface area contributed by atoms with E-state index in [0.29, 0.717) is 13.0 Å². The molecule has 0 aliphatic heterocycles. The topological polar surface area (TPSA) is 49.7 Å². The Bertz CT molecular complexity index is 185. The van der Waals surface area contributed by atoms with Crippen molar-refractivity contribution < 1.29 is 14.9 Å². The van der Waals surface area contributed by atoms with Gasteiger partial charge in [0, 0.05) is 13.2 Å². The van der Waals surface area contributed by atoms with E-state index in [9.17, 15) is 5.11 Å². The van der Waals surface area contributed by atoms with Crippen LogP contribution in [0.3, 0.4) is 0 Å². The standard InChI is InChI=1S/C18H38O3/c1-2-3-4-5-6-7-8-9-10-14-17-21-18(20)15-12-11-13-16-19/h18-20H,2-17H2,1H3. The van der Waals surface area contributed by atoms with Crippen molar-refractivity contribution in [3.8, 4) is 0 Å². The minimum atomic E-state index is -0.609. The van der Waals surface area contributed by atoms with E-state index in [1.165, 1.54) is 57.8 Å². The average Bonchev–Trinajstić information content (AvgIpc) is 2.49. The van der Waals surface area contributed by atoms with Crippen LogP contribution < -0.4 is 0 Å². The number of unbranched alkanes of at least 4 members (excludes halogenated alkanes) is 11. The Morgan fingerprint density at radius 2 is 1.24 bits per heavy atom. The molecule has 0 aromatic heterocycles. The number of ether oxygens (including phenoxy) is 1. The van der Waals surface area contributed by atoms with E-state index in [-0.39, 0.29) is 6.61 Å². The Morgan fingerprint density at radius 1 is 0.714 bits per heavy atom. The van der Waals surface area contributed by atoms with Gasteiger partial charge < -0.3 is 14.9 Å². The van der Waals surface area contributed by atoms with Crippen molar-refractivity contribution >= 4 is 0 Å². The van der Waals surface area contributed by atoms with E-state index in [1.807, 2.05) is 0 Å². The lowest BCUT2D eigenvalue weighted by atomic mass is 10.1. The van der Waals surface area contributed by atoms with Crippen LogP contribution in [0.5, 0.6) is 0 Å². The molecule has 0 radical (unpaired) electrons. The molecule has 0 aliphatic rings. The molecule has 128 valence electrons. The molecule has 0 aromatic carbocycles. The van der Waals surface area contributed by atoms with Crippen LogP contribution in [0.1, 0.15) is 96.8 Å². The summed E-state index contributed by atoms with van der Waals surface area (Å²) in [4.78, 5) is 0. The Morgan fingerprint density at radius 3 is 1.81 bits per heavy atom. The van der Waals surface area contributed by atoms with Crippen LogP contribution in [-0.4, -0.2) is 29.7 Å². The van der Waals surface area contributed by atoms with Crippen LogP contribution in [0.4, 0.5) is 0 Å². The van der Waals surface area contributed by atoms with E-state index in [0.717, 1.165) is 25.7 Å². The van der Waals surface area contributed by atoms with Gasteiger partial charge >= 0.3 is 0 Å². The van der Waals surface area contributed by atoms with Gasteiger partial charge in [-0.1, -0.05) is 71.1 Å². The van der Waals surface area contributed by atoms with Crippen molar-refractivity contribution in [3.63, 3.8) is 0 Å². The molecule has 3 heteroatoms. The van der Waals surface area contributed by atoms with Gasteiger partial charge in [0.15, 0.2) is 6.29 Å². The number of hydrogen-bond donors (Lipinski definition) is 2. The third-order valence-electron chi connectivity index (χ3n) is 3.92. The first-order valence-corrected chi connectivity index (χ1v) is 9.21. The zero-order valence-corrected chi connectivity index (χ0v) is 14.2. The van der Waals surface area contributed by atoms with Gasteiger partial charge in [0.2, 0.25) is 0 Å². The Kier molecular flexibility index (Phi) is 17.8. The monoisotopic (exact) mass is 302 g/mol. The lowest BCUT2D eigenvalue weighted by Gasteiger charge is -2.11. The maximum absolute atomic E-state index is 9.61. The molecule has 3 nitrogen and oxygen atoms in total. The second-order valence-corrected chi connectivity index (χ2v) is 6.08. The van der Waals surface area contributed by atoms with Gasteiger partial charge in [-0.3, -0.25) is 0 Å². The Hall–Kier alpha value is -0.120. The molecule has 0 saturated carbocycles. The summed E-state index contributed by atoms with van der Waals surface area (Å²) in [6, 6.07) is 0. The van der Waals surface area contributed by atoms with E-state index in [2.05, 4.69) is 6.92 Å². The van der Waals surface area contributed by atoms with Gasteiger partial charge in [0.05, 0.1) is 0 Å². The Balaban J connectivity index is 3.07. The fourth-order valence-corrected chi connectivity index (χ4v) is 2.50. The first-order chi connectivity index (χ1) is 10.3. The summed E-state index contributed by atoms with van der Waals surface area (Å²) < 4.78 is 5.39. The molecule has 1 unspecified atom stereocenters. The molecule has 0 saturated heterocycles. The van der Waals surface area contributed by atoms with Crippen molar-refractivity contribution in [1.82, 2.24) is 0 Å². The smallest absolute Gasteiger partial charge is 0.154 e. The largest absolute Gasteiger partial charge is 0.396 e. The summed E-state index contributed by atoms with van der Waals surface area (Å²) in [5.41, 5.74) is 0. The van der Waals surface area contributed by atoms with E-state index in [1.54, 1.807) is 0 Å². The second-order valence-electron chi connectivity index (χ2n) is 6.08. The molecule has 0 amide bonds. The third kappa shape index (κ3) is 17.8. The molecule has 2 N–H and O–H groups in total. The predicted molar refractivity (Wildman–Crippen MR) is 89.4 cm³/mol. The highest BCUT2D eigenvalue weighted by atomic mass is 16.6. The molecule has 0 spiro atoms. The summed E-state index contributed by atoms with van der Waals surface area (Å²) >= 11 is 0. The van der Waals surface area contributed by atoms with E-state index >= 15 is 0 Å². The maximum Gasteiger partial charge on any atom is 0.154 e. The zero-order chi connectivity index (χ0) is 15.6. The van der Waals surface area contributed by atoms with Crippen molar-refractivity contribution in [1.29, 1.82) is 0 Å². The average molecular weight is 302 g/mol. The number of aliphatic hydroxyl groups excluding tert-OH is 2. The van der Waals surface area contributed by atoms with Crippen LogP contribution in [0.25, 0.3) is 0 Å². The van der Waals surface area contributed by atoms with Crippen molar-refractivity contribution in [2.45, 2.75) is 103 Å². The summed E-state index contributed by atoms with van der Waals surface area (Å²) in [5, 5.41) is 18.3. The molecular formula is C18H38O3. The molecule has 0 rings (SSSR count). The second kappa shape index (κ2) is 17.9. The highest BCUT2D eigenvalue weighted by Gasteiger charge is 2.03. The lowest BCUT2D eigenvalue weighted by Crippen LogP contribution is -2.12. The van der Waals surface area contributed by atoms with Gasteiger partial charge in [-0.2, -0.15) is 0 Å². The lowest BCUT2D eigenvalue weighted by molar-refractivity contribution is -0.105. The number of aliphatic hydroxyl groups is 2. The SMILES string of the molecule is CCCCCCCCCCCCOC(O)CCCCCO. The summed E-state index contributed by atoms with van der Waals surface area (Å²) in [5.74, 6) is 0. The molecule has 0 fully saturated rings. The first-order valence-electron chi connectivity index (χ1n) is 9.21. The van der Waals surface area contributed by atoms with Gasteiger partial charge in [-0.15, -0.1) is 0 Å². The number of hydrogen-bond acceptors (Lipinski definition) is 3. The minimum absolute atomic E-state index is 0.246. The van der Waals surface area contributed by atoms with Crippen LogP contribution in [-0.2, 0) is 4.74 Å². The van der Waals surface area contributed by atoms with Crippen LogP contribution >= 0.6 is 0 Å². The van der Waals surface area contributed by atoms with Gasteiger partial charge in [-0.25, -0.2) is 0 Å². The van der Waals surface area contributed by atoms with Gasteiger partial charge in [0.25, 0.3) is 0 Å². The van der Waals surface area contributed by atoms with Crippen molar-refractivity contribution in [2.24, 2.45) is 0 Å². The normalized spacial score (nSPS) is 12.7. The highest BCUT2D eigenvalue weighted by Crippen LogP contribution is 2.11. The van der Waals surface area contributed by atoms with Crippen molar-refractivity contribution in [2.75, 3.05) is 13.2 Å². The Labute approximate surface area is 132 Å². The molecule has 21 heavy (non-hydrogen) atoms. The summed E-state index contributed by atoms with van der Waals surface area (Å²) in [6.07, 6.45) is 16.0. The molecule has 0 heterocycles. The van der Waals surface area contributed by atoms with Gasteiger partial charge in [0.1, 0.15) is 0 Å². The molecule has 0 aliphatic carbocycles. The third-order valence-corrected chi connectivity index (χ3v) is 3.92. The fourth-order valence-electron chi connectivity index (χ4n) is 2.50. The summed E-state index contributed by atoms with van der Waals surface area (Å²) in [7, 11) is 0. The van der Waals surface area contributed by atoms with Gasteiger partial charge in [-0.05, 0) is 25.7 Å². The van der Waals surface area contributed by atoms with Crippen LogP contribution in [0.2, 0.25) is 0 Å². The minimum Gasteiger partial charge on any atom is -0.396 e. The molecule has 0 aromatic rings. The predicted octanol–water partition coefficient (Wildman–Crippen LogP) is 4.80. The van der Waals surface area contributed by atoms with Crippen LogP contribution in [0.15, 0.2) is 0 Å². The van der Waals surface area contributed by atoms with E-state index < -0.39 is 6.29 Å². The number of rotatable bonds is 17. The summed E-state index contributed by atoms with van der Waals surface area (Å²) in [6.45, 7) is 3.18. The first kappa shape index (κ1) is 20.9. The zero-order valence-electron chi connectivity index (χ0n) is 14.2. The van der Waals surface area contributed by atoms with E-state index in [4.69, 9.17) is 9.84 Å². The highest BCUT2D eigenvalue weighted by molar-refractivity contribution is 4.49. The fraction of sp³-hybridized carbons (Fsp3) is 1.00. The molecule has 0 bridgehead atoms. The van der Waals surface area contributed by atoms with Crippen molar-refractivity contribution in [3.05, 3.63) is 0 Å². The molecule has 1 atom stereocenters. The maximum atomic E-state index is 9.61. The van der Waals surface area contributed by atoms with Crippen LogP contribution in [0, 0.1) is 0 Å². The quantitative estimate of drug-likeness (QED) is 0.300.